The molecule has 4 rings (SSSR count). The second kappa shape index (κ2) is 10.1. The summed E-state index contributed by atoms with van der Waals surface area (Å²) >= 11 is 0. The number of halogens is 3. The summed E-state index contributed by atoms with van der Waals surface area (Å²) in [5.74, 6) is 0.458. The smallest absolute Gasteiger partial charge is 0.406 e. The third kappa shape index (κ3) is 5.85. The molecule has 1 aliphatic heterocycles. The van der Waals surface area contributed by atoms with Gasteiger partial charge in [0, 0.05) is 44.3 Å². The number of hydrogen-bond acceptors (Lipinski definition) is 6. The van der Waals surface area contributed by atoms with Crippen molar-refractivity contribution >= 4 is 11.7 Å². The zero-order valence-corrected chi connectivity index (χ0v) is 19.6. The maximum atomic E-state index is 12.7. The molecule has 7 nitrogen and oxygen atoms in total. The summed E-state index contributed by atoms with van der Waals surface area (Å²) in [4.78, 5) is 21.2. The first-order valence-electron chi connectivity index (χ1n) is 11.5. The number of benzene rings is 1. The molecule has 1 saturated heterocycles. The van der Waals surface area contributed by atoms with Crippen molar-refractivity contribution in [2.45, 2.75) is 44.5 Å². The summed E-state index contributed by atoms with van der Waals surface area (Å²) in [7, 11) is 1.56. The van der Waals surface area contributed by atoms with Crippen LogP contribution >= 0.6 is 0 Å². The van der Waals surface area contributed by atoms with E-state index in [1.807, 2.05) is 16.7 Å². The molecule has 0 N–H and O–H groups in total. The highest BCUT2D eigenvalue weighted by Gasteiger charge is 2.34. The van der Waals surface area contributed by atoms with Gasteiger partial charge in [-0.2, -0.15) is 5.26 Å². The van der Waals surface area contributed by atoms with E-state index in [4.69, 9.17) is 9.72 Å². The Morgan fingerprint density at radius 3 is 2.66 bits per heavy atom. The van der Waals surface area contributed by atoms with Gasteiger partial charge in [0.1, 0.15) is 17.6 Å². The van der Waals surface area contributed by atoms with E-state index in [1.54, 1.807) is 19.2 Å². The first-order chi connectivity index (χ1) is 16.7. The highest BCUT2D eigenvalue weighted by atomic mass is 19.4. The number of piperazine rings is 1. The Morgan fingerprint density at radius 2 is 2.03 bits per heavy atom. The van der Waals surface area contributed by atoms with Crippen LogP contribution in [0, 0.1) is 11.3 Å². The number of carbonyl (C=O) groups excluding carboxylic acids is 1. The molecule has 1 amide bonds. The van der Waals surface area contributed by atoms with Crippen LogP contribution in [0.3, 0.4) is 0 Å². The van der Waals surface area contributed by atoms with Gasteiger partial charge < -0.3 is 19.3 Å². The number of pyridine rings is 1. The molecule has 2 aromatic rings. The maximum Gasteiger partial charge on any atom is 0.573 e. The number of methoxy groups -OCH3 is 1. The monoisotopic (exact) mass is 488 g/mol. The lowest BCUT2D eigenvalue weighted by Crippen LogP contribution is -2.54. The lowest BCUT2D eigenvalue weighted by Gasteiger charge is -2.41. The van der Waals surface area contributed by atoms with Gasteiger partial charge in [-0.15, -0.1) is 13.2 Å². The van der Waals surface area contributed by atoms with Crippen molar-refractivity contribution in [3.8, 4) is 22.9 Å². The van der Waals surface area contributed by atoms with Gasteiger partial charge >= 0.3 is 6.36 Å². The van der Waals surface area contributed by atoms with E-state index in [0.717, 1.165) is 18.5 Å². The van der Waals surface area contributed by atoms with Gasteiger partial charge in [0.2, 0.25) is 5.91 Å². The average molecular weight is 489 g/mol. The van der Waals surface area contributed by atoms with Crippen LogP contribution in [0.5, 0.6) is 5.75 Å². The Bertz CT molecular complexity index is 1130. The van der Waals surface area contributed by atoms with E-state index in [-0.39, 0.29) is 23.6 Å². The summed E-state index contributed by atoms with van der Waals surface area (Å²) in [6.07, 6.45) is -2.60. The molecule has 2 heterocycles. The second-order valence-corrected chi connectivity index (χ2v) is 8.88. The first kappa shape index (κ1) is 24.8. The molecule has 1 aromatic heterocycles. The van der Waals surface area contributed by atoms with Gasteiger partial charge in [0.15, 0.2) is 0 Å². The van der Waals surface area contributed by atoms with Crippen LogP contribution in [0.1, 0.15) is 43.4 Å². The number of aromatic nitrogens is 1. The van der Waals surface area contributed by atoms with Gasteiger partial charge in [0.05, 0.1) is 24.3 Å². The van der Waals surface area contributed by atoms with Crippen LogP contribution in [-0.2, 0) is 9.53 Å². The van der Waals surface area contributed by atoms with Crippen LogP contribution in [0.15, 0.2) is 30.3 Å². The quantitative estimate of drug-likeness (QED) is 0.572. The first-order valence-corrected chi connectivity index (χ1v) is 11.5. The summed E-state index contributed by atoms with van der Waals surface area (Å²) in [5.41, 5.74) is 2.28. The topological polar surface area (TPSA) is 78.7 Å². The van der Waals surface area contributed by atoms with Gasteiger partial charge in [-0.25, -0.2) is 4.98 Å². The Balaban J connectivity index is 1.63. The Hall–Kier alpha value is -3.32. The fraction of sp³-hybridized carbons (Fsp3) is 0.480. The predicted octanol–water partition coefficient (Wildman–Crippen LogP) is 4.47. The fourth-order valence-electron chi connectivity index (χ4n) is 4.45. The summed E-state index contributed by atoms with van der Waals surface area (Å²) in [6, 6.07) is 9.61. The van der Waals surface area contributed by atoms with Gasteiger partial charge in [-0.05, 0) is 43.5 Å². The van der Waals surface area contributed by atoms with Crippen molar-refractivity contribution in [3.05, 3.63) is 41.6 Å². The highest BCUT2D eigenvalue weighted by Crippen LogP contribution is 2.45. The Labute approximate surface area is 202 Å². The van der Waals surface area contributed by atoms with Gasteiger partial charge in [0.25, 0.3) is 0 Å². The number of alkyl halides is 3. The standard InChI is InChI=1S/C25H27F3N4O3/c1-16-15-31(9-10-32(16)22(33)8-11-34-2)24-19(14-29)13-21(23(30-24)17-6-7-17)18-4-3-5-20(12-18)35-25(26,27)28/h3-5,12-13,16-17H,6-11,15H2,1-2H3. The number of rotatable bonds is 7. The number of nitrogens with zero attached hydrogens (tertiary/aromatic N) is 4. The normalized spacial score (nSPS) is 18.3. The molecular weight excluding hydrogens is 461 g/mol. The number of nitriles is 1. The zero-order chi connectivity index (χ0) is 25.2. The molecule has 35 heavy (non-hydrogen) atoms. The van der Waals surface area contributed by atoms with E-state index in [1.165, 1.54) is 18.2 Å². The van der Waals surface area contributed by atoms with Crippen molar-refractivity contribution in [2.75, 3.05) is 38.3 Å². The van der Waals surface area contributed by atoms with Crippen molar-refractivity contribution in [3.63, 3.8) is 0 Å². The van der Waals surface area contributed by atoms with Gasteiger partial charge in [-0.1, -0.05) is 12.1 Å². The van der Waals surface area contributed by atoms with Crippen LogP contribution in [0.2, 0.25) is 0 Å². The lowest BCUT2D eigenvalue weighted by molar-refractivity contribution is -0.274. The van der Waals surface area contributed by atoms with E-state index in [9.17, 15) is 23.2 Å². The van der Waals surface area contributed by atoms with E-state index in [2.05, 4.69) is 10.8 Å². The molecule has 1 unspecified atom stereocenters. The van der Waals surface area contributed by atoms with Crippen LogP contribution in [0.4, 0.5) is 19.0 Å². The van der Waals surface area contributed by atoms with Crippen LogP contribution < -0.4 is 9.64 Å². The molecule has 1 aliphatic carbocycles. The van der Waals surface area contributed by atoms with E-state index in [0.29, 0.717) is 55.2 Å². The molecule has 1 atom stereocenters. The second-order valence-electron chi connectivity index (χ2n) is 8.88. The van der Waals surface area contributed by atoms with Crippen molar-refractivity contribution in [1.29, 1.82) is 5.26 Å². The maximum absolute atomic E-state index is 12.7. The number of anilines is 1. The molecule has 1 aromatic carbocycles. The minimum absolute atomic E-state index is 0.0300. The Morgan fingerprint density at radius 1 is 1.26 bits per heavy atom. The SMILES string of the molecule is COCCC(=O)N1CCN(c2nc(C3CC3)c(-c3cccc(OC(F)(F)F)c3)cc2C#N)CC1C. The average Bonchev–Trinajstić information content (AvgIpc) is 3.66. The number of hydrogen-bond donors (Lipinski definition) is 0. The molecule has 10 heteroatoms. The van der Waals surface area contributed by atoms with Crippen molar-refractivity contribution < 1.29 is 27.4 Å². The van der Waals surface area contributed by atoms with Crippen LogP contribution in [-0.4, -0.2) is 61.5 Å². The zero-order valence-electron chi connectivity index (χ0n) is 19.6. The van der Waals surface area contributed by atoms with E-state index < -0.39 is 6.36 Å². The highest BCUT2D eigenvalue weighted by molar-refractivity contribution is 5.77. The molecular formula is C25H27F3N4O3. The number of carbonyl (C=O) groups is 1. The predicted molar refractivity (Wildman–Crippen MR) is 123 cm³/mol. The molecule has 2 fully saturated rings. The van der Waals surface area contributed by atoms with Crippen molar-refractivity contribution in [1.82, 2.24) is 9.88 Å². The Kier molecular flexibility index (Phi) is 7.17. The number of ether oxygens (including phenoxy) is 2. The molecule has 2 aliphatic rings. The molecule has 0 spiro atoms. The number of amides is 1. The van der Waals surface area contributed by atoms with Crippen LogP contribution in [0.25, 0.3) is 11.1 Å². The third-order valence-corrected chi connectivity index (χ3v) is 6.26. The summed E-state index contributed by atoms with van der Waals surface area (Å²) in [5, 5.41) is 9.91. The summed E-state index contributed by atoms with van der Waals surface area (Å²) in [6.45, 7) is 3.90. The molecule has 186 valence electrons. The minimum atomic E-state index is -4.79. The molecule has 0 radical (unpaired) electrons. The molecule has 1 saturated carbocycles. The van der Waals surface area contributed by atoms with E-state index >= 15 is 0 Å². The lowest BCUT2D eigenvalue weighted by atomic mass is 9.98. The van der Waals surface area contributed by atoms with Gasteiger partial charge in [-0.3, -0.25) is 4.79 Å². The van der Waals surface area contributed by atoms with Crippen molar-refractivity contribution in [2.24, 2.45) is 0 Å². The molecule has 0 bridgehead atoms. The summed E-state index contributed by atoms with van der Waals surface area (Å²) < 4.78 is 47.3. The minimum Gasteiger partial charge on any atom is -0.406 e. The fourth-order valence-corrected chi connectivity index (χ4v) is 4.45. The largest absolute Gasteiger partial charge is 0.573 e. The third-order valence-electron chi connectivity index (χ3n) is 6.26.